The summed E-state index contributed by atoms with van der Waals surface area (Å²) in [6.45, 7) is 4.43. The average Bonchev–Trinajstić information content (AvgIpc) is 2.32. The van der Waals surface area contributed by atoms with Gasteiger partial charge < -0.3 is 10.8 Å². The van der Waals surface area contributed by atoms with Gasteiger partial charge in [0.1, 0.15) is 0 Å². The Hall–Kier alpha value is -0.0800. The summed E-state index contributed by atoms with van der Waals surface area (Å²) in [7, 11) is 0. The number of aliphatic hydroxyl groups excluding tert-OH is 1. The van der Waals surface area contributed by atoms with Crippen molar-refractivity contribution in [3.05, 3.63) is 0 Å². The van der Waals surface area contributed by atoms with Crippen molar-refractivity contribution in [1.29, 1.82) is 0 Å². The van der Waals surface area contributed by atoms with Crippen molar-refractivity contribution in [2.24, 2.45) is 5.73 Å². The van der Waals surface area contributed by atoms with Gasteiger partial charge in [-0.05, 0) is 12.8 Å². The van der Waals surface area contributed by atoms with Crippen LogP contribution in [0, 0.1) is 0 Å². The molecule has 0 spiro atoms. The van der Waals surface area contributed by atoms with E-state index in [0.717, 1.165) is 12.8 Å². The summed E-state index contributed by atoms with van der Waals surface area (Å²) in [5, 5.41) is 9.16. The van der Waals surface area contributed by atoms with Gasteiger partial charge in [0.2, 0.25) is 0 Å². The standard InChI is InChI=1S/C14H31NO/c1-3-5-6-7-8-9-10-11-12-14(15,4-2)13-16/h16H,3-13,15H2,1-2H3. The van der Waals surface area contributed by atoms with E-state index < -0.39 is 0 Å². The number of nitrogens with two attached hydrogens (primary N) is 1. The Labute approximate surface area is 102 Å². The van der Waals surface area contributed by atoms with Gasteiger partial charge in [-0.25, -0.2) is 0 Å². The van der Waals surface area contributed by atoms with Crippen LogP contribution in [0.4, 0.5) is 0 Å². The Morgan fingerprint density at radius 2 is 1.38 bits per heavy atom. The zero-order valence-corrected chi connectivity index (χ0v) is 11.3. The van der Waals surface area contributed by atoms with Crippen molar-refractivity contribution in [2.75, 3.05) is 6.61 Å². The molecule has 0 aliphatic carbocycles. The summed E-state index contributed by atoms with van der Waals surface area (Å²) in [6, 6.07) is 0. The lowest BCUT2D eigenvalue weighted by molar-refractivity contribution is 0.179. The topological polar surface area (TPSA) is 46.2 Å². The quantitative estimate of drug-likeness (QED) is 0.532. The SMILES string of the molecule is CCCCCCCCCCC(N)(CC)CO. The van der Waals surface area contributed by atoms with Crippen molar-refractivity contribution in [3.63, 3.8) is 0 Å². The van der Waals surface area contributed by atoms with Gasteiger partial charge in [0.25, 0.3) is 0 Å². The Morgan fingerprint density at radius 3 is 1.81 bits per heavy atom. The van der Waals surface area contributed by atoms with Gasteiger partial charge in [0, 0.05) is 5.54 Å². The van der Waals surface area contributed by atoms with E-state index in [2.05, 4.69) is 13.8 Å². The molecule has 0 aromatic carbocycles. The fourth-order valence-electron chi connectivity index (χ4n) is 1.98. The second kappa shape index (κ2) is 10.1. The lowest BCUT2D eigenvalue weighted by Gasteiger charge is -2.25. The summed E-state index contributed by atoms with van der Waals surface area (Å²) in [5.41, 5.74) is 5.71. The minimum atomic E-state index is -0.317. The summed E-state index contributed by atoms with van der Waals surface area (Å²) in [5.74, 6) is 0. The molecule has 0 radical (unpaired) electrons. The zero-order valence-electron chi connectivity index (χ0n) is 11.3. The lowest BCUT2D eigenvalue weighted by atomic mass is 9.91. The number of rotatable bonds is 11. The normalized spacial score (nSPS) is 15.0. The number of aliphatic hydroxyl groups is 1. The van der Waals surface area contributed by atoms with Crippen LogP contribution in [-0.2, 0) is 0 Å². The van der Waals surface area contributed by atoms with Gasteiger partial charge in [-0.3, -0.25) is 0 Å². The van der Waals surface area contributed by atoms with Gasteiger partial charge in [-0.2, -0.15) is 0 Å². The first-order chi connectivity index (χ1) is 7.68. The van der Waals surface area contributed by atoms with Crippen LogP contribution in [0.15, 0.2) is 0 Å². The van der Waals surface area contributed by atoms with E-state index in [1.165, 1.54) is 51.4 Å². The third kappa shape index (κ3) is 8.12. The van der Waals surface area contributed by atoms with E-state index in [1.807, 2.05) is 0 Å². The summed E-state index contributed by atoms with van der Waals surface area (Å²) in [4.78, 5) is 0. The molecule has 0 saturated heterocycles. The predicted molar refractivity (Wildman–Crippen MR) is 71.5 cm³/mol. The molecule has 0 amide bonds. The lowest BCUT2D eigenvalue weighted by Crippen LogP contribution is -2.42. The van der Waals surface area contributed by atoms with E-state index in [9.17, 15) is 0 Å². The maximum atomic E-state index is 9.16. The van der Waals surface area contributed by atoms with E-state index in [0.29, 0.717) is 0 Å². The molecule has 0 heterocycles. The molecule has 98 valence electrons. The summed E-state index contributed by atoms with van der Waals surface area (Å²) < 4.78 is 0. The smallest absolute Gasteiger partial charge is 0.0611 e. The molecule has 0 fully saturated rings. The highest BCUT2D eigenvalue weighted by Crippen LogP contribution is 2.17. The average molecular weight is 229 g/mol. The van der Waals surface area contributed by atoms with E-state index in [-0.39, 0.29) is 12.1 Å². The highest BCUT2D eigenvalue weighted by atomic mass is 16.3. The molecule has 0 aromatic heterocycles. The van der Waals surface area contributed by atoms with Crippen LogP contribution in [-0.4, -0.2) is 17.3 Å². The molecule has 0 aromatic rings. The molecule has 1 unspecified atom stereocenters. The number of hydrogen-bond donors (Lipinski definition) is 2. The maximum Gasteiger partial charge on any atom is 0.0611 e. The highest BCUT2D eigenvalue weighted by Gasteiger charge is 2.20. The number of unbranched alkanes of at least 4 members (excludes halogenated alkanes) is 7. The summed E-state index contributed by atoms with van der Waals surface area (Å²) in [6.07, 6.45) is 12.4. The molecule has 0 saturated carbocycles. The van der Waals surface area contributed by atoms with Gasteiger partial charge in [-0.15, -0.1) is 0 Å². The molecular weight excluding hydrogens is 198 g/mol. The van der Waals surface area contributed by atoms with Crippen LogP contribution in [0.5, 0.6) is 0 Å². The Balaban J connectivity index is 3.26. The van der Waals surface area contributed by atoms with Gasteiger partial charge in [-0.1, -0.05) is 65.2 Å². The Kier molecular flexibility index (Phi) is 10.0. The monoisotopic (exact) mass is 229 g/mol. The third-order valence-electron chi connectivity index (χ3n) is 3.55. The largest absolute Gasteiger partial charge is 0.394 e. The van der Waals surface area contributed by atoms with Crippen LogP contribution in [0.3, 0.4) is 0 Å². The van der Waals surface area contributed by atoms with Crippen molar-refractivity contribution in [1.82, 2.24) is 0 Å². The highest BCUT2D eigenvalue weighted by molar-refractivity contribution is 4.81. The molecule has 0 bridgehead atoms. The van der Waals surface area contributed by atoms with Crippen molar-refractivity contribution < 1.29 is 5.11 Å². The first-order valence-electron chi connectivity index (χ1n) is 7.08. The molecule has 0 aliphatic rings. The van der Waals surface area contributed by atoms with Crippen LogP contribution < -0.4 is 5.73 Å². The van der Waals surface area contributed by atoms with Crippen LogP contribution in [0.2, 0.25) is 0 Å². The van der Waals surface area contributed by atoms with E-state index >= 15 is 0 Å². The van der Waals surface area contributed by atoms with Crippen LogP contribution in [0.25, 0.3) is 0 Å². The minimum absolute atomic E-state index is 0.125. The molecule has 1 atom stereocenters. The number of hydrogen-bond acceptors (Lipinski definition) is 2. The first kappa shape index (κ1) is 15.9. The van der Waals surface area contributed by atoms with Crippen molar-refractivity contribution >= 4 is 0 Å². The first-order valence-corrected chi connectivity index (χ1v) is 7.08. The predicted octanol–water partition coefficient (Wildman–Crippen LogP) is 3.62. The molecule has 0 rings (SSSR count). The molecular formula is C14H31NO. The zero-order chi connectivity index (χ0) is 12.3. The fraction of sp³-hybridized carbons (Fsp3) is 1.00. The van der Waals surface area contributed by atoms with Crippen LogP contribution in [0.1, 0.15) is 78.1 Å². The third-order valence-corrected chi connectivity index (χ3v) is 3.55. The second-order valence-electron chi connectivity index (χ2n) is 5.10. The minimum Gasteiger partial charge on any atom is -0.394 e. The Bertz CT molecular complexity index is 144. The van der Waals surface area contributed by atoms with Crippen molar-refractivity contribution in [3.8, 4) is 0 Å². The van der Waals surface area contributed by atoms with E-state index in [1.54, 1.807) is 0 Å². The van der Waals surface area contributed by atoms with Crippen molar-refractivity contribution in [2.45, 2.75) is 83.6 Å². The molecule has 0 aliphatic heterocycles. The van der Waals surface area contributed by atoms with Gasteiger partial charge in [0.15, 0.2) is 0 Å². The molecule has 2 nitrogen and oxygen atoms in total. The maximum absolute atomic E-state index is 9.16. The molecule has 3 N–H and O–H groups in total. The molecule has 16 heavy (non-hydrogen) atoms. The molecule has 2 heteroatoms. The van der Waals surface area contributed by atoms with E-state index in [4.69, 9.17) is 10.8 Å². The van der Waals surface area contributed by atoms with Gasteiger partial charge >= 0.3 is 0 Å². The van der Waals surface area contributed by atoms with Gasteiger partial charge in [0.05, 0.1) is 6.61 Å². The fourth-order valence-corrected chi connectivity index (χ4v) is 1.98. The van der Waals surface area contributed by atoms with Crippen LogP contribution >= 0.6 is 0 Å². The second-order valence-corrected chi connectivity index (χ2v) is 5.10. The Morgan fingerprint density at radius 1 is 0.875 bits per heavy atom. The summed E-state index contributed by atoms with van der Waals surface area (Å²) >= 11 is 0.